The van der Waals surface area contributed by atoms with E-state index in [4.69, 9.17) is 19.5 Å². The van der Waals surface area contributed by atoms with E-state index < -0.39 is 0 Å². The van der Waals surface area contributed by atoms with E-state index >= 15 is 0 Å². The van der Waals surface area contributed by atoms with Gasteiger partial charge in [0.2, 0.25) is 12.5 Å². The second kappa shape index (κ2) is 5.81. The molecule has 1 aromatic rings. The third kappa shape index (κ3) is 2.91. The van der Waals surface area contributed by atoms with Crippen molar-refractivity contribution in [3.63, 3.8) is 0 Å². The molecule has 19 heavy (non-hydrogen) atoms. The van der Waals surface area contributed by atoms with Crippen molar-refractivity contribution in [1.82, 2.24) is 4.90 Å². The molecular formula is C14H18N2O3. The first-order valence-corrected chi connectivity index (χ1v) is 6.19. The van der Waals surface area contributed by atoms with E-state index in [1.807, 2.05) is 26.1 Å². The molecule has 0 radical (unpaired) electrons. The van der Waals surface area contributed by atoms with Crippen molar-refractivity contribution in [3.8, 4) is 23.3 Å². The first kappa shape index (κ1) is 13.5. The molecule has 1 atom stereocenters. The van der Waals surface area contributed by atoms with Gasteiger partial charge in [-0.3, -0.25) is 4.90 Å². The molecule has 1 aliphatic rings. The van der Waals surface area contributed by atoms with Gasteiger partial charge in [0.1, 0.15) is 0 Å². The van der Waals surface area contributed by atoms with Gasteiger partial charge in [0.15, 0.2) is 11.5 Å². The minimum atomic E-state index is 0.210. The summed E-state index contributed by atoms with van der Waals surface area (Å²) in [4.78, 5) is 2.13. The Bertz CT molecular complexity index is 496. The summed E-state index contributed by atoms with van der Waals surface area (Å²) in [5.74, 6) is 2.07. The highest BCUT2D eigenvalue weighted by molar-refractivity contribution is 5.55. The Balaban J connectivity index is 2.15. The molecule has 5 nitrogen and oxygen atoms in total. The van der Waals surface area contributed by atoms with Crippen LogP contribution in [-0.2, 0) is 6.54 Å². The lowest BCUT2D eigenvalue weighted by Gasteiger charge is -2.22. The van der Waals surface area contributed by atoms with Crippen molar-refractivity contribution in [2.45, 2.75) is 25.9 Å². The predicted molar refractivity (Wildman–Crippen MR) is 70.3 cm³/mol. The van der Waals surface area contributed by atoms with Crippen LogP contribution < -0.4 is 14.2 Å². The van der Waals surface area contributed by atoms with Gasteiger partial charge in [-0.05, 0) is 31.7 Å². The van der Waals surface area contributed by atoms with Crippen LogP contribution >= 0.6 is 0 Å². The Hall–Kier alpha value is -1.93. The number of fused-ring (bicyclic) bond motifs is 1. The van der Waals surface area contributed by atoms with Crippen LogP contribution in [0.5, 0.6) is 17.2 Å². The predicted octanol–water partition coefficient (Wildman–Crippen LogP) is 2.16. The van der Waals surface area contributed by atoms with E-state index in [0.717, 1.165) is 17.9 Å². The minimum absolute atomic E-state index is 0.210. The lowest BCUT2D eigenvalue weighted by Crippen LogP contribution is -2.28. The lowest BCUT2D eigenvalue weighted by atomic mass is 10.1. The third-order valence-corrected chi connectivity index (χ3v) is 3.29. The van der Waals surface area contributed by atoms with E-state index in [1.54, 1.807) is 7.11 Å². The molecule has 1 aliphatic heterocycles. The van der Waals surface area contributed by atoms with Gasteiger partial charge in [-0.15, -0.1) is 0 Å². The maximum atomic E-state index is 8.73. The second-order valence-electron chi connectivity index (χ2n) is 4.66. The molecule has 102 valence electrons. The number of nitrogens with zero attached hydrogens (tertiary/aromatic N) is 2. The van der Waals surface area contributed by atoms with Crippen LogP contribution in [0.3, 0.4) is 0 Å². The summed E-state index contributed by atoms with van der Waals surface area (Å²) < 4.78 is 16.1. The highest BCUT2D eigenvalue weighted by atomic mass is 16.7. The summed E-state index contributed by atoms with van der Waals surface area (Å²) in [6.07, 6.45) is 0.512. The zero-order valence-electron chi connectivity index (χ0n) is 11.5. The van der Waals surface area contributed by atoms with E-state index in [0.29, 0.717) is 17.9 Å². The molecule has 5 heteroatoms. The molecule has 0 saturated carbocycles. The minimum Gasteiger partial charge on any atom is -0.493 e. The zero-order chi connectivity index (χ0) is 13.8. The highest BCUT2D eigenvalue weighted by Crippen LogP contribution is 2.42. The fraction of sp³-hybridized carbons (Fsp3) is 0.500. The average Bonchev–Trinajstić information content (AvgIpc) is 2.86. The van der Waals surface area contributed by atoms with Crippen LogP contribution in [0, 0.1) is 11.3 Å². The summed E-state index contributed by atoms with van der Waals surface area (Å²) in [5.41, 5.74) is 1.08. The molecule has 1 aromatic carbocycles. The Kier molecular flexibility index (Phi) is 4.13. The summed E-state index contributed by atoms with van der Waals surface area (Å²) in [7, 11) is 3.61. The van der Waals surface area contributed by atoms with Crippen LogP contribution in [0.25, 0.3) is 0 Å². The average molecular weight is 262 g/mol. The summed E-state index contributed by atoms with van der Waals surface area (Å²) in [5, 5.41) is 8.73. The van der Waals surface area contributed by atoms with Gasteiger partial charge in [0, 0.05) is 12.6 Å². The SMILES string of the molecule is COc1cc(CN(C)[C@H](C)CC#N)cc2c1OCO2. The molecule has 1 heterocycles. The monoisotopic (exact) mass is 262 g/mol. The molecule has 0 unspecified atom stereocenters. The lowest BCUT2D eigenvalue weighted by molar-refractivity contribution is 0.171. The molecule has 2 rings (SSSR count). The van der Waals surface area contributed by atoms with Crippen molar-refractivity contribution in [3.05, 3.63) is 17.7 Å². The van der Waals surface area contributed by atoms with Gasteiger partial charge in [-0.2, -0.15) is 5.26 Å². The Morgan fingerprint density at radius 2 is 2.26 bits per heavy atom. The van der Waals surface area contributed by atoms with Gasteiger partial charge < -0.3 is 14.2 Å². The number of methoxy groups -OCH3 is 1. The molecular weight excluding hydrogens is 244 g/mol. The first-order valence-electron chi connectivity index (χ1n) is 6.19. The maximum absolute atomic E-state index is 8.73. The van der Waals surface area contributed by atoms with Crippen LogP contribution in [0.4, 0.5) is 0 Å². The van der Waals surface area contributed by atoms with Gasteiger partial charge in [-0.1, -0.05) is 0 Å². The summed E-state index contributed by atoms with van der Waals surface area (Å²) in [6, 6.07) is 6.30. The van der Waals surface area contributed by atoms with Crippen molar-refractivity contribution in [1.29, 1.82) is 5.26 Å². The third-order valence-electron chi connectivity index (χ3n) is 3.29. The topological polar surface area (TPSA) is 54.7 Å². The smallest absolute Gasteiger partial charge is 0.231 e. The van der Waals surface area contributed by atoms with E-state index in [-0.39, 0.29) is 12.8 Å². The van der Waals surface area contributed by atoms with Crippen molar-refractivity contribution < 1.29 is 14.2 Å². The Labute approximate surface area is 113 Å². The van der Waals surface area contributed by atoms with Gasteiger partial charge in [0.25, 0.3) is 0 Å². The largest absolute Gasteiger partial charge is 0.493 e. The van der Waals surface area contributed by atoms with E-state index in [1.165, 1.54) is 0 Å². The van der Waals surface area contributed by atoms with Gasteiger partial charge >= 0.3 is 0 Å². The summed E-state index contributed by atoms with van der Waals surface area (Å²) in [6.45, 7) is 3.00. The van der Waals surface area contributed by atoms with Crippen molar-refractivity contribution in [2.24, 2.45) is 0 Å². The van der Waals surface area contributed by atoms with E-state index in [9.17, 15) is 0 Å². The highest BCUT2D eigenvalue weighted by Gasteiger charge is 2.21. The number of hydrogen-bond acceptors (Lipinski definition) is 5. The Morgan fingerprint density at radius 1 is 1.47 bits per heavy atom. The van der Waals surface area contributed by atoms with Crippen molar-refractivity contribution in [2.75, 3.05) is 21.0 Å². The Morgan fingerprint density at radius 3 is 2.95 bits per heavy atom. The second-order valence-corrected chi connectivity index (χ2v) is 4.66. The molecule has 0 aromatic heterocycles. The van der Waals surface area contributed by atoms with Crippen LogP contribution in [0.15, 0.2) is 12.1 Å². The van der Waals surface area contributed by atoms with E-state index in [2.05, 4.69) is 11.0 Å². The molecule has 0 spiro atoms. The van der Waals surface area contributed by atoms with Crippen LogP contribution in [0.2, 0.25) is 0 Å². The normalized spacial score (nSPS) is 14.3. The molecule has 0 bridgehead atoms. The van der Waals surface area contributed by atoms with Crippen LogP contribution in [-0.4, -0.2) is 31.9 Å². The molecule has 0 fully saturated rings. The van der Waals surface area contributed by atoms with Gasteiger partial charge in [0.05, 0.1) is 19.6 Å². The number of benzene rings is 1. The number of ether oxygens (including phenoxy) is 3. The quantitative estimate of drug-likeness (QED) is 0.814. The van der Waals surface area contributed by atoms with Gasteiger partial charge in [-0.25, -0.2) is 0 Å². The zero-order valence-corrected chi connectivity index (χ0v) is 11.5. The van der Waals surface area contributed by atoms with Crippen molar-refractivity contribution >= 4 is 0 Å². The fourth-order valence-electron chi connectivity index (χ4n) is 2.01. The standard InChI is InChI=1S/C14H18N2O3/c1-10(4-5-15)16(2)8-11-6-12(17-3)14-13(7-11)18-9-19-14/h6-7,10H,4,8-9H2,1-3H3/t10-/m1/s1. The summed E-state index contributed by atoms with van der Waals surface area (Å²) >= 11 is 0. The van der Waals surface area contributed by atoms with Crippen LogP contribution in [0.1, 0.15) is 18.9 Å². The fourth-order valence-corrected chi connectivity index (χ4v) is 2.01. The number of nitriles is 1. The first-order chi connectivity index (χ1) is 9.15. The molecule has 0 amide bonds. The number of rotatable bonds is 5. The number of hydrogen-bond donors (Lipinski definition) is 0. The maximum Gasteiger partial charge on any atom is 0.231 e. The molecule has 0 saturated heterocycles. The molecule has 0 aliphatic carbocycles. The molecule has 0 N–H and O–H groups in total.